The van der Waals surface area contributed by atoms with E-state index in [2.05, 4.69) is 10.4 Å². The third-order valence-corrected chi connectivity index (χ3v) is 4.57. The van der Waals surface area contributed by atoms with Crippen LogP contribution >= 0.6 is 0 Å². The van der Waals surface area contributed by atoms with Crippen molar-refractivity contribution >= 4 is 5.91 Å². The molecular weight excluding hydrogens is 391 g/mol. The molecule has 1 unspecified atom stereocenters. The summed E-state index contributed by atoms with van der Waals surface area (Å²) >= 11 is 0. The molecule has 0 bridgehead atoms. The molecule has 1 N–H and O–H groups in total. The predicted octanol–water partition coefficient (Wildman–Crippen LogP) is 1.52. The molecular formula is C21H21FN4O4. The first-order valence-electron chi connectivity index (χ1n) is 9.28. The van der Waals surface area contributed by atoms with Crippen molar-refractivity contribution < 1.29 is 13.9 Å². The van der Waals surface area contributed by atoms with E-state index in [9.17, 15) is 18.8 Å². The zero-order chi connectivity index (χ0) is 21.7. The van der Waals surface area contributed by atoms with E-state index in [4.69, 9.17) is 4.74 Å². The van der Waals surface area contributed by atoms with Crippen molar-refractivity contribution in [3.8, 4) is 5.69 Å². The minimum Gasteiger partial charge on any atom is -0.383 e. The van der Waals surface area contributed by atoms with E-state index >= 15 is 0 Å². The smallest absolute Gasteiger partial charge is 0.352 e. The SMILES string of the molecule is COCCNC(=O)c1nn(-c2ccccc2F)c(=O)n(C(C)c2ccccc2)c1=O. The van der Waals surface area contributed by atoms with Gasteiger partial charge in [0, 0.05) is 13.7 Å². The summed E-state index contributed by atoms with van der Waals surface area (Å²) in [7, 11) is 1.47. The third-order valence-electron chi connectivity index (χ3n) is 4.57. The number of hydrogen-bond donors (Lipinski definition) is 1. The summed E-state index contributed by atoms with van der Waals surface area (Å²) in [6, 6.07) is 13.6. The number of halogens is 1. The fourth-order valence-electron chi connectivity index (χ4n) is 2.98. The Balaban J connectivity index is 2.22. The average Bonchev–Trinajstić information content (AvgIpc) is 2.75. The molecule has 1 heterocycles. The third kappa shape index (κ3) is 4.20. The van der Waals surface area contributed by atoms with Crippen molar-refractivity contribution in [3.63, 3.8) is 0 Å². The van der Waals surface area contributed by atoms with Gasteiger partial charge in [-0.15, -0.1) is 0 Å². The van der Waals surface area contributed by atoms with Crippen molar-refractivity contribution in [3.05, 3.63) is 92.5 Å². The van der Waals surface area contributed by atoms with E-state index in [1.165, 1.54) is 25.3 Å². The summed E-state index contributed by atoms with van der Waals surface area (Å²) in [5.74, 6) is -1.49. The summed E-state index contributed by atoms with van der Waals surface area (Å²) in [4.78, 5) is 38.8. The molecule has 0 saturated carbocycles. The Morgan fingerprint density at radius 3 is 2.47 bits per heavy atom. The van der Waals surface area contributed by atoms with Crippen LogP contribution in [0.25, 0.3) is 5.69 Å². The molecule has 0 aliphatic carbocycles. The van der Waals surface area contributed by atoms with Gasteiger partial charge in [0.25, 0.3) is 11.5 Å². The Bertz CT molecular complexity index is 1160. The van der Waals surface area contributed by atoms with Crippen molar-refractivity contribution in [1.82, 2.24) is 19.7 Å². The summed E-state index contributed by atoms with van der Waals surface area (Å²) in [6.07, 6.45) is 0. The molecule has 0 saturated heterocycles. The van der Waals surface area contributed by atoms with E-state index in [-0.39, 0.29) is 18.8 Å². The standard InChI is InChI=1S/C21H21FN4O4/c1-14(15-8-4-3-5-9-15)25-20(28)18(19(27)23-12-13-30-2)24-26(21(25)29)17-11-7-6-10-16(17)22/h3-11,14H,12-13H2,1-2H3,(H,23,27). The fraction of sp³-hybridized carbons (Fsp3) is 0.238. The van der Waals surface area contributed by atoms with Crippen LogP contribution in [0.1, 0.15) is 29.0 Å². The molecule has 0 spiro atoms. The van der Waals surface area contributed by atoms with Crippen LogP contribution in [0.2, 0.25) is 0 Å². The molecule has 1 atom stereocenters. The van der Waals surface area contributed by atoms with Gasteiger partial charge in [-0.1, -0.05) is 42.5 Å². The van der Waals surface area contributed by atoms with Crippen LogP contribution < -0.4 is 16.6 Å². The summed E-state index contributed by atoms with van der Waals surface area (Å²) < 4.78 is 20.9. The number of methoxy groups -OCH3 is 1. The van der Waals surface area contributed by atoms with Gasteiger partial charge in [0.15, 0.2) is 0 Å². The predicted molar refractivity (Wildman–Crippen MR) is 109 cm³/mol. The largest absolute Gasteiger partial charge is 0.383 e. The maximum atomic E-state index is 14.4. The lowest BCUT2D eigenvalue weighted by atomic mass is 10.1. The maximum absolute atomic E-state index is 14.4. The first-order valence-corrected chi connectivity index (χ1v) is 9.28. The van der Waals surface area contributed by atoms with Crippen LogP contribution in [-0.2, 0) is 4.74 Å². The second kappa shape index (κ2) is 9.27. The lowest BCUT2D eigenvalue weighted by Crippen LogP contribution is -2.47. The van der Waals surface area contributed by atoms with Gasteiger partial charge in [0.05, 0.1) is 12.6 Å². The highest BCUT2D eigenvalue weighted by atomic mass is 19.1. The fourth-order valence-corrected chi connectivity index (χ4v) is 2.98. The number of ether oxygens (including phenoxy) is 1. The van der Waals surface area contributed by atoms with Crippen LogP contribution in [0, 0.1) is 5.82 Å². The van der Waals surface area contributed by atoms with Crippen molar-refractivity contribution in [2.24, 2.45) is 0 Å². The van der Waals surface area contributed by atoms with Crippen molar-refractivity contribution in [2.75, 3.05) is 20.3 Å². The summed E-state index contributed by atoms with van der Waals surface area (Å²) in [5.41, 5.74) is -1.72. The van der Waals surface area contributed by atoms with E-state index in [0.717, 1.165) is 15.3 Å². The van der Waals surface area contributed by atoms with Gasteiger partial charge >= 0.3 is 5.69 Å². The minimum absolute atomic E-state index is 0.142. The molecule has 3 aromatic rings. The highest BCUT2D eigenvalue weighted by molar-refractivity contribution is 5.91. The molecule has 1 amide bonds. The Morgan fingerprint density at radius 2 is 1.80 bits per heavy atom. The molecule has 2 aromatic carbocycles. The van der Waals surface area contributed by atoms with Gasteiger partial charge in [-0.25, -0.2) is 13.8 Å². The van der Waals surface area contributed by atoms with E-state index < -0.39 is 34.7 Å². The Kier molecular flexibility index (Phi) is 6.53. The molecule has 0 aliphatic rings. The van der Waals surface area contributed by atoms with Gasteiger partial charge in [-0.3, -0.25) is 9.59 Å². The molecule has 156 valence electrons. The van der Waals surface area contributed by atoms with Gasteiger partial charge in [0.1, 0.15) is 11.5 Å². The van der Waals surface area contributed by atoms with Gasteiger partial charge in [-0.2, -0.15) is 9.78 Å². The number of benzene rings is 2. The molecule has 3 rings (SSSR count). The highest BCUT2D eigenvalue weighted by Crippen LogP contribution is 2.15. The molecule has 9 heteroatoms. The van der Waals surface area contributed by atoms with Crippen molar-refractivity contribution in [1.29, 1.82) is 0 Å². The van der Waals surface area contributed by atoms with E-state index in [1.807, 2.05) is 0 Å². The van der Waals surface area contributed by atoms with Crippen LogP contribution in [0.4, 0.5) is 4.39 Å². The van der Waals surface area contributed by atoms with Crippen LogP contribution in [-0.4, -0.2) is 40.5 Å². The number of nitrogens with one attached hydrogen (secondary N) is 1. The molecule has 0 aliphatic heterocycles. The normalized spacial score (nSPS) is 11.8. The molecule has 0 radical (unpaired) electrons. The zero-order valence-electron chi connectivity index (χ0n) is 16.5. The second-order valence-electron chi connectivity index (χ2n) is 6.50. The number of carbonyl (C=O) groups is 1. The minimum atomic E-state index is -0.862. The van der Waals surface area contributed by atoms with E-state index in [1.54, 1.807) is 37.3 Å². The number of rotatable bonds is 7. The van der Waals surface area contributed by atoms with E-state index in [0.29, 0.717) is 5.56 Å². The number of para-hydroxylation sites is 1. The number of amides is 1. The first kappa shape index (κ1) is 21.1. The van der Waals surface area contributed by atoms with Gasteiger partial charge in [0.2, 0.25) is 5.69 Å². The van der Waals surface area contributed by atoms with Gasteiger partial charge in [-0.05, 0) is 24.6 Å². The van der Waals surface area contributed by atoms with Crippen LogP contribution in [0.5, 0.6) is 0 Å². The quantitative estimate of drug-likeness (QED) is 0.594. The number of hydrogen-bond acceptors (Lipinski definition) is 5. The Morgan fingerprint density at radius 1 is 1.13 bits per heavy atom. The summed E-state index contributed by atoms with van der Waals surface area (Å²) in [6.45, 7) is 2.02. The van der Waals surface area contributed by atoms with Crippen molar-refractivity contribution in [2.45, 2.75) is 13.0 Å². The maximum Gasteiger partial charge on any atom is 0.352 e. The molecule has 1 aromatic heterocycles. The summed E-state index contributed by atoms with van der Waals surface area (Å²) in [5, 5.41) is 6.41. The number of carbonyl (C=O) groups excluding carboxylic acids is 1. The average molecular weight is 412 g/mol. The topological polar surface area (TPSA) is 95.2 Å². The highest BCUT2D eigenvalue weighted by Gasteiger charge is 2.24. The van der Waals surface area contributed by atoms with Gasteiger partial charge < -0.3 is 10.1 Å². The molecule has 0 fully saturated rings. The zero-order valence-corrected chi connectivity index (χ0v) is 16.5. The number of nitrogens with zero attached hydrogens (tertiary/aromatic N) is 3. The Hall–Kier alpha value is -3.59. The molecule has 30 heavy (non-hydrogen) atoms. The second-order valence-corrected chi connectivity index (χ2v) is 6.50. The monoisotopic (exact) mass is 412 g/mol. The van der Waals surface area contributed by atoms with Crippen LogP contribution in [0.15, 0.2) is 64.2 Å². The lowest BCUT2D eigenvalue weighted by molar-refractivity contribution is 0.0927. The Labute approximate surface area is 171 Å². The van der Waals surface area contributed by atoms with Crippen LogP contribution in [0.3, 0.4) is 0 Å². The lowest BCUT2D eigenvalue weighted by Gasteiger charge is -2.18. The first-order chi connectivity index (χ1) is 14.5. The molecule has 8 nitrogen and oxygen atoms in total. The number of aromatic nitrogens is 3.